The van der Waals surface area contributed by atoms with Crippen LogP contribution in [0.4, 0.5) is 0 Å². The van der Waals surface area contributed by atoms with Crippen LogP contribution in [0.15, 0.2) is 0 Å². The van der Waals surface area contributed by atoms with E-state index in [1.807, 2.05) is 0 Å². The van der Waals surface area contributed by atoms with Crippen LogP contribution in [0.2, 0.25) is 0 Å². The van der Waals surface area contributed by atoms with Crippen LogP contribution < -0.4 is 5.73 Å². The van der Waals surface area contributed by atoms with Crippen LogP contribution in [-0.2, 0) is 9.30 Å². The van der Waals surface area contributed by atoms with Crippen molar-refractivity contribution in [3.05, 3.63) is 0 Å². The number of hydrogen-bond acceptors (Lipinski definition) is 3. The summed E-state index contributed by atoms with van der Waals surface area (Å²) in [4.78, 5) is 9.20. The third-order valence-corrected chi connectivity index (χ3v) is 3.25. The summed E-state index contributed by atoms with van der Waals surface area (Å²) < 4.78 is 15.8. The molecule has 1 unspecified atom stereocenters. The second kappa shape index (κ2) is 5.72. The Morgan fingerprint density at radius 1 is 1.55 bits per heavy atom. The number of nitrogens with two attached hydrogens (primary N) is 1. The van der Waals surface area contributed by atoms with Gasteiger partial charge in [0, 0.05) is 19.4 Å². The largest absolute Gasteiger partial charge is 0.384 e. The Bertz CT molecular complexity index is 128. The van der Waals surface area contributed by atoms with Gasteiger partial charge in [-0.1, -0.05) is 0 Å². The van der Waals surface area contributed by atoms with Crippen LogP contribution in [0.25, 0.3) is 0 Å². The lowest BCUT2D eigenvalue weighted by molar-refractivity contribution is 0.214. The molecule has 4 nitrogen and oxygen atoms in total. The molecule has 11 heavy (non-hydrogen) atoms. The van der Waals surface area contributed by atoms with Gasteiger partial charge in [-0.3, -0.25) is 4.57 Å². The molecule has 0 rings (SSSR count). The maximum Gasteiger partial charge on any atom is 0.202 e. The summed E-state index contributed by atoms with van der Waals surface area (Å²) in [6.45, 7) is 0.815. The minimum atomic E-state index is -2.93. The molecule has 0 saturated carbocycles. The van der Waals surface area contributed by atoms with Gasteiger partial charge in [0.2, 0.25) is 7.37 Å². The van der Waals surface area contributed by atoms with Gasteiger partial charge in [0.25, 0.3) is 0 Å². The van der Waals surface area contributed by atoms with Crippen molar-refractivity contribution in [3.8, 4) is 0 Å². The first-order chi connectivity index (χ1) is 5.12. The Hall–Kier alpha value is 0.110. The molecule has 0 saturated heterocycles. The molecule has 68 valence electrons. The van der Waals surface area contributed by atoms with Gasteiger partial charge in [-0.25, -0.2) is 0 Å². The monoisotopic (exact) mass is 181 g/mol. The summed E-state index contributed by atoms with van der Waals surface area (Å²) in [7, 11) is -1.41. The minimum absolute atomic E-state index is 0.240. The number of methoxy groups -OCH3 is 1. The molecule has 0 aliphatic rings. The van der Waals surface area contributed by atoms with Crippen LogP contribution in [0.1, 0.15) is 6.42 Å². The SMILES string of the molecule is COCCP(=O)(O)CCCN. The predicted molar refractivity (Wildman–Crippen MR) is 45.1 cm³/mol. The molecule has 0 bridgehead atoms. The molecule has 0 aromatic rings. The smallest absolute Gasteiger partial charge is 0.202 e. The molecule has 0 aliphatic carbocycles. The third-order valence-electron chi connectivity index (χ3n) is 1.36. The zero-order valence-electron chi connectivity index (χ0n) is 6.82. The Balaban J connectivity index is 3.53. The average Bonchev–Trinajstić information content (AvgIpc) is 1.97. The minimum Gasteiger partial charge on any atom is -0.384 e. The summed E-state index contributed by atoms with van der Waals surface area (Å²) in [6.07, 6.45) is 1.16. The number of hydrogen-bond donors (Lipinski definition) is 2. The topological polar surface area (TPSA) is 72.5 Å². The van der Waals surface area contributed by atoms with Crippen molar-refractivity contribution in [2.24, 2.45) is 5.73 Å². The predicted octanol–water partition coefficient (Wildman–Crippen LogP) is 0.252. The molecule has 0 fully saturated rings. The lowest BCUT2D eigenvalue weighted by atomic mass is 10.5. The van der Waals surface area contributed by atoms with Gasteiger partial charge in [0.05, 0.1) is 6.61 Å². The zero-order chi connectivity index (χ0) is 8.74. The summed E-state index contributed by atoms with van der Waals surface area (Å²) in [5, 5.41) is 0. The molecule has 0 radical (unpaired) electrons. The lowest BCUT2D eigenvalue weighted by Crippen LogP contribution is -2.06. The Morgan fingerprint density at radius 2 is 2.18 bits per heavy atom. The molecule has 0 spiro atoms. The second-order valence-corrected chi connectivity index (χ2v) is 5.02. The van der Waals surface area contributed by atoms with Gasteiger partial charge < -0.3 is 15.4 Å². The fraction of sp³-hybridized carbons (Fsp3) is 1.00. The third kappa shape index (κ3) is 6.51. The van der Waals surface area contributed by atoms with Crippen molar-refractivity contribution in [2.75, 3.05) is 32.6 Å². The highest BCUT2D eigenvalue weighted by atomic mass is 31.2. The summed E-state index contributed by atoms with van der Waals surface area (Å²) in [5.74, 6) is 0. The summed E-state index contributed by atoms with van der Waals surface area (Å²) in [6, 6.07) is 0. The highest BCUT2D eigenvalue weighted by molar-refractivity contribution is 7.58. The quantitative estimate of drug-likeness (QED) is 0.576. The molecule has 1 atom stereocenters. The van der Waals surface area contributed by atoms with E-state index < -0.39 is 7.37 Å². The van der Waals surface area contributed by atoms with Crippen LogP contribution in [0.3, 0.4) is 0 Å². The molecule has 0 aromatic carbocycles. The molecule has 3 N–H and O–H groups in total. The maximum atomic E-state index is 11.2. The van der Waals surface area contributed by atoms with Gasteiger partial charge in [0.15, 0.2) is 0 Å². The Morgan fingerprint density at radius 3 is 2.64 bits per heavy atom. The Kier molecular flexibility index (Phi) is 5.78. The first kappa shape index (κ1) is 11.1. The van der Waals surface area contributed by atoms with Crippen molar-refractivity contribution >= 4 is 7.37 Å². The van der Waals surface area contributed by atoms with Gasteiger partial charge >= 0.3 is 0 Å². The van der Waals surface area contributed by atoms with Crippen molar-refractivity contribution in [1.82, 2.24) is 0 Å². The fourth-order valence-corrected chi connectivity index (χ4v) is 2.05. The molecular weight excluding hydrogens is 165 g/mol. The van der Waals surface area contributed by atoms with E-state index in [1.54, 1.807) is 0 Å². The fourth-order valence-electron chi connectivity index (χ4n) is 0.684. The van der Waals surface area contributed by atoms with E-state index in [-0.39, 0.29) is 6.16 Å². The van der Waals surface area contributed by atoms with E-state index in [4.69, 9.17) is 10.5 Å². The van der Waals surface area contributed by atoms with Gasteiger partial charge in [-0.2, -0.15) is 0 Å². The molecule has 0 aromatic heterocycles. The molecule has 0 heterocycles. The molecule has 5 heteroatoms. The van der Waals surface area contributed by atoms with E-state index >= 15 is 0 Å². The van der Waals surface area contributed by atoms with Crippen LogP contribution in [-0.4, -0.2) is 37.5 Å². The van der Waals surface area contributed by atoms with E-state index in [2.05, 4.69) is 0 Å². The summed E-state index contributed by atoms with van der Waals surface area (Å²) in [5.41, 5.74) is 5.20. The summed E-state index contributed by atoms with van der Waals surface area (Å²) >= 11 is 0. The highest BCUT2D eigenvalue weighted by Gasteiger charge is 2.15. The van der Waals surface area contributed by atoms with E-state index in [0.29, 0.717) is 25.7 Å². The normalized spacial score (nSPS) is 16.3. The van der Waals surface area contributed by atoms with E-state index in [9.17, 15) is 9.46 Å². The lowest BCUT2D eigenvalue weighted by Gasteiger charge is -2.09. The van der Waals surface area contributed by atoms with Gasteiger partial charge in [-0.05, 0) is 13.0 Å². The Labute approximate surface area is 67.2 Å². The second-order valence-electron chi connectivity index (χ2n) is 2.43. The number of rotatable bonds is 6. The van der Waals surface area contributed by atoms with Crippen LogP contribution >= 0.6 is 7.37 Å². The van der Waals surface area contributed by atoms with Gasteiger partial charge in [0.1, 0.15) is 0 Å². The van der Waals surface area contributed by atoms with Crippen LogP contribution in [0, 0.1) is 0 Å². The maximum absolute atomic E-state index is 11.2. The van der Waals surface area contributed by atoms with Crippen molar-refractivity contribution < 1.29 is 14.2 Å². The van der Waals surface area contributed by atoms with E-state index in [0.717, 1.165) is 0 Å². The molecular formula is C6H16NO3P. The average molecular weight is 181 g/mol. The number of ether oxygens (including phenoxy) is 1. The molecule has 0 amide bonds. The van der Waals surface area contributed by atoms with Crippen LogP contribution in [0.5, 0.6) is 0 Å². The first-order valence-electron chi connectivity index (χ1n) is 3.62. The first-order valence-corrected chi connectivity index (χ1v) is 5.65. The molecule has 0 aliphatic heterocycles. The zero-order valence-corrected chi connectivity index (χ0v) is 7.72. The van der Waals surface area contributed by atoms with E-state index in [1.165, 1.54) is 7.11 Å². The van der Waals surface area contributed by atoms with Gasteiger partial charge in [-0.15, -0.1) is 0 Å². The van der Waals surface area contributed by atoms with Crippen molar-refractivity contribution in [1.29, 1.82) is 0 Å². The van der Waals surface area contributed by atoms with Crippen molar-refractivity contribution in [3.63, 3.8) is 0 Å². The standard InChI is InChI=1S/C6H16NO3P/c1-10-4-6-11(8,9)5-2-3-7/h2-7H2,1H3,(H,8,9). The van der Waals surface area contributed by atoms with Crippen molar-refractivity contribution in [2.45, 2.75) is 6.42 Å². The highest BCUT2D eigenvalue weighted by Crippen LogP contribution is 2.40.